The van der Waals surface area contributed by atoms with Gasteiger partial charge in [0, 0.05) is 12.0 Å². The van der Waals surface area contributed by atoms with Crippen molar-refractivity contribution in [1.82, 2.24) is 3.82 Å². The molecule has 1 aliphatic heterocycles. The second kappa shape index (κ2) is 4.28. The van der Waals surface area contributed by atoms with Crippen LogP contribution in [-0.4, -0.2) is 46.3 Å². The highest BCUT2D eigenvalue weighted by molar-refractivity contribution is 8.11. The van der Waals surface area contributed by atoms with E-state index in [9.17, 15) is 0 Å². The second-order valence-electron chi connectivity index (χ2n) is 2.76. The van der Waals surface area contributed by atoms with E-state index in [0.717, 1.165) is 16.9 Å². The minimum Gasteiger partial charge on any atom is -0.224 e. The summed E-state index contributed by atoms with van der Waals surface area (Å²) in [5.74, 6) is 2.21. The summed E-state index contributed by atoms with van der Waals surface area (Å²) in [6.45, 7) is 2.38. The lowest BCUT2D eigenvalue weighted by atomic mass is 10.5. The summed E-state index contributed by atoms with van der Waals surface area (Å²) in [6, 6.07) is 0. The fraction of sp³-hybridized carbons (Fsp3) is 1.00. The van der Waals surface area contributed by atoms with Gasteiger partial charge in [-0.2, -0.15) is 12.6 Å². The molecule has 0 aromatic heterocycles. The number of hydrogen-bond acceptors (Lipinski definition) is 4. The molecule has 0 aliphatic carbocycles. The summed E-state index contributed by atoms with van der Waals surface area (Å²) in [5.41, 5.74) is 0. The lowest BCUT2D eigenvalue weighted by molar-refractivity contribution is -0.970. The second-order valence-corrected chi connectivity index (χ2v) is 5.17. The van der Waals surface area contributed by atoms with Crippen LogP contribution in [0.15, 0.2) is 0 Å². The third kappa shape index (κ3) is 2.21. The van der Waals surface area contributed by atoms with Gasteiger partial charge in [-0.05, 0) is 27.7 Å². The van der Waals surface area contributed by atoms with Crippen molar-refractivity contribution in [2.24, 2.45) is 0 Å². The van der Waals surface area contributed by atoms with Gasteiger partial charge in [0.15, 0.2) is 0 Å². The van der Waals surface area contributed by atoms with Crippen LogP contribution in [0, 0.1) is 0 Å². The summed E-state index contributed by atoms with van der Waals surface area (Å²) in [7, 11) is 2.27. The predicted octanol–water partition coefficient (Wildman–Crippen LogP) is 1.52. The van der Waals surface area contributed by atoms with Crippen molar-refractivity contribution in [2.75, 3.05) is 37.9 Å². The first-order chi connectivity index (χ1) is 5.23. The lowest BCUT2D eigenvalue weighted by Crippen LogP contribution is -2.49. The molecule has 1 fully saturated rings. The normalized spacial score (nSPS) is 33.0. The van der Waals surface area contributed by atoms with E-state index in [-0.39, 0.29) is 0 Å². The Morgan fingerprint density at radius 2 is 2.45 bits per heavy atom. The van der Waals surface area contributed by atoms with E-state index in [1.54, 1.807) is 0 Å². The molecule has 0 radical (unpaired) electrons. The Morgan fingerprint density at radius 1 is 1.73 bits per heavy atom. The first kappa shape index (κ1) is 10.1. The lowest BCUT2D eigenvalue weighted by Gasteiger charge is -2.33. The minimum absolute atomic E-state index is 0.966. The van der Waals surface area contributed by atoms with E-state index in [0.29, 0.717) is 0 Å². The van der Waals surface area contributed by atoms with E-state index in [4.69, 9.17) is 0 Å². The molecule has 0 N–H and O–H groups in total. The Hall–Kier alpha value is 0.970. The first-order valence-electron chi connectivity index (χ1n) is 3.66. The van der Waals surface area contributed by atoms with Crippen molar-refractivity contribution < 1.29 is 4.59 Å². The zero-order valence-corrected chi connectivity index (χ0v) is 9.51. The van der Waals surface area contributed by atoms with Crippen LogP contribution in [0.5, 0.6) is 0 Å². The fourth-order valence-electron chi connectivity index (χ4n) is 1.20. The molecule has 0 amide bonds. The van der Waals surface area contributed by atoms with Crippen molar-refractivity contribution in [3.05, 3.63) is 0 Å². The number of quaternary nitrogens is 1. The maximum Gasteiger partial charge on any atom is 0.108 e. The Bertz CT molecular complexity index is 133. The molecule has 66 valence electrons. The third-order valence-electron chi connectivity index (χ3n) is 1.91. The molecule has 1 rings (SSSR count). The largest absolute Gasteiger partial charge is 0.224 e. The molecule has 5 heteroatoms. The van der Waals surface area contributed by atoms with Crippen LogP contribution in [0.1, 0.15) is 0 Å². The summed E-state index contributed by atoms with van der Waals surface area (Å²) < 4.78 is 3.39. The fourth-order valence-corrected chi connectivity index (χ4v) is 3.90. The van der Waals surface area contributed by atoms with Gasteiger partial charge in [0.25, 0.3) is 0 Å². The van der Waals surface area contributed by atoms with Gasteiger partial charge in [-0.15, -0.1) is 0 Å². The Balaban J connectivity index is 2.51. The van der Waals surface area contributed by atoms with Crippen LogP contribution in [0.3, 0.4) is 0 Å². The quantitative estimate of drug-likeness (QED) is 0.429. The summed E-state index contributed by atoms with van der Waals surface area (Å²) >= 11 is 8.01. The number of hydrogen-bond donors (Lipinski definition) is 1. The molecule has 0 spiro atoms. The Labute approximate surface area is 82.9 Å². The maximum atomic E-state index is 4.27. The molecule has 0 saturated carbocycles. The van der Waals surface area contributed by atoms with Gasteiger partial charge < -0.3 is 0 Å². The smallest absolute Gasteiger partial charge is 0.108 e. The van der Waals surface area contributed by atoms with Gasteiger partial charge in [0.2, 0.25) is 0 Å². The molecular formula is C6H15N2S3+. The van der Waals surface area contributed by atoms with Crippen LogP contribution in [-0.2, 0) is 0 Å². The standard InChI is InChI=1S/C6H14N2S3/c1-8(3-5-9)4-6-11-7(8)10-2/h3-6H2,1-2H3/p+1. The molecule has 1 unspecified atom stereocenters. The van der Waals surface area contributed by atoms with Crippen LogP contribution in [0.2, 0.25) is 0 Å². The SMILES string of the molecule is CSN1SCC[N+]1(C)CCS. The van der Waals surface area contributed by atoms with Crippen molar-refractivity contribution in [3.63, 3.8) is 0 Å². The Kier molecular flexibility index (Phi) is 3.91. The van der Waals surface area contributed by atoms with E-state index < -0.39 is 0 Å². The van der Waals surface area contributed by atoms with E-state index >= 15 is 0 Å². The van der Waals surface area contributed by atoms with E-state index in [2.05, 4.69) is 29.8 Å². The van der Waals surface area contributed by atoms with Gasteiger partial charge in [0.05, 0.1) is 12.8 Å². The number of thiol groups is 1. The summed E-state index contributed by atoms with van der Waals surface area (Å²) in [5, 5.41) is 0. The van der Waals surface area contributed by atoms with E-state index in [1.807, 2.05) is 23.9 Å². The topological polar surface area (TPSA) is 3.24 Å². The molecule has 1 atom stereocenters. The summed E-state index contributed by atoms with van der Waals surface area (Å²) in [6.07, 6.45) is 2.13. The molecule has 11 heavy (non-hydrogen) atoms. The van der Waals surface area contributed by atoms with Gasteiger partial charge in [-0.3, -0.25) is 0 Å². The van der Waals surface area contributed by atoms with Crippen molar-refractivity contribution >= 4 is 36.5 Å². The average Bonchev–Trinajstić information content (AvgIpc) is 2.31. The third-order valence-corrected chi connectivity index (χ3v) is 4.56. The number of nitrogens with zero attached hydrogens (tertiary/aromatic N) is 2. The van der Waals surface area contributed by atoms with Crippen LogP contribution in [0.4, 0.5) is 0 Å². The highest BCUT2D eigenvalue weighted by atomic mass is 32.2. The van der Waals surface area contributed by atoms with Crippen molar-refractivity contribution in [3.8, 4) is 0 Å². The maximum absolute atomic E-state index is 4.27. The molecule has 0 aromatic carbocycles. The van der Waals surface area contributed by atoms with Crippen LogP contribution in [0.25, 0.3) is 0 Å². The van der Waals surface area contributed by atoms with Gasteiger partial charge in [0.1, 0.15) is 13.1 Å². The Morgan fingerprint density at radius 3 is 3.00 bits per heavy atom. The van der Waals surface area contributed by atoms with Crippen LogP contribution < -0.4 is 0 Å². The van der Waals surface area contributed by atoms with Gasteiger partial charge in [-0.25, -0.2) is 4.59 Å². The zero-order valence-electron chi connectivity index (χ0n) is 6.99. The monoisotopic (exact) mass is 211 g/mol. The zero-order chi connectivity index (χ0) is 8.32. The van der Waals surface area contributed by atoms with Gasteiger partial charge >= 0.3 is 0 Å². The molecule has 0 aromatic rings. The molecule has 0 bridgehead atoms. The minimum atomic E-state index is 0.966. The molecule has 1 saturated heterocycles. The first-order valence-corrected chi connectivity index (χ1v) is 6.41. The highest BCUT2D eigenvalue weighted by Gasteiger charge is 2.36. The molecular weight excluding hydrogens is 196 g/mol. The van der Waals surface area contributed by atoms with Crippen LogP contribution >= 0.6 is 36.5 Å². The summed E-state index contributed by atoms with van der Waals surface area (Å²) in [4.78, 5) is 0. The van der Waals surface area contributed by atoms with Gasteiger partial charge in [-0.1, -0.05) is 0 Å². The molecule has 2 nitrogen and oxygen atoms in total. The van der Waals surface area contributed by atoms with Crippen molar-refractivity contribution in [1.29, 1.82) is 0 Å². The highest BCUT2D eigenvalue weighted by Crippen LogP contribution is 2.33. The number of rotatable bonds is 3. The van der Waals surface area contributed by atoms with E-state index in [1.165, 1.54) is 12.3 Å². The predicted molar refractivity (Wildman–Crippen MR) is 57.6 cm³/mol. The average molecular weight is 211 g/mol. The molecule has 1 aliphatic rings. The molecule has 1 heterocycles. The van der Waals surface area contributed by atoms with Crippen molar-refractivity contribution in [2.45, 2.75) is 0 Å².